The Labute approximate surface area is 120 Å². The van der Waals surface area contributed by atoms with E-state index in [0.29, 0.717) is 12.1 Å². The molecule has 21 heavy (non-hydrogen) atoms. The van der Waals surface area contributed by atoms with E-state index >= 15 is 0 Å². The SMILES string of the molecule is O=C(NCC1CCCO1)c1nnc(-c2cccc(F)c2)o1. The summed E-state index contributed by atoms with van der Waals surface area (Å²) in [4.78, 5) is 11.9. The van der Waals surface area contributed by atoms with Gasteiger partial charge in [0, 0.05) is 18.7 Å². The summed E-state index contributed by atoms with van der Waals surface area (Å²) in [5.74, 6) is -0.903. The lowest BCUT2D eigenvalue weighted by atomic mass is 10.2. The van der Waals surface area contributed by atoms with Gasteiger partial charge in [0.25, 0.3) is 0 Å². The quantitative estimate of drug-likeness (QED) is 0.929. The van der Waals surface area contributed by atoms with E-state index in [-0.39, 0.29) is 17.9 Å². The molecule has 1 unspecified atom stereocenters. The van der Waals surface area contributed by atoms with Gasteiger partial charge in [-0.15, -0.1) is 10.2 Å². The smallest absolute Gasteiger partial charge is 0.308 e. The molecule has 1 aliphatic heterocycles. The minimum atomic E-state index is -0.458. The molecule has 0 radical (unpaired) electrons. The fourth-order valence-corrected chi connectivity index (χ4v) is 2.14. The van der Waals surface area contributed by atoms with Crippen LogP contribution in [-0.4, -0.2) is 35.4 Å². The first kappa shape index (κ1) is 13.7. The Morgan fingerprint density at radius 2 is 2.33 bits per heavy atom. The number of carbonyl (C=O) groups is 1. The van der Waals surface area contributed by atoms with Crippen LogP contribution >= 0.6 is 0 Å². The highest BCUT2D eigenvalue weighted by Gasteiger charge is 2.20. The summed E-state index contributed by atoms with van der Waals surface area (Å²) in [6, 6.07) is 5.74. The fourth-order valence-electron chi connectivity index (χ4n) is 2.14. The maximum atomic E-state index is 13.1. The second-order valence-corrected chi connectivity index (χ2v) is 4.77. The highest BCUT2D eigenvalue weighted by atomic mass is 19.1. The first-order valence-electron chi connectivity index (χ1n) is 6.71. The molecule has 1 saturated heterocycles. The zero-order valence-electron chi connectivity index (χ0n) is 11.2. The van der Waals surface area contributed by atoms with Crippen molar-refractivity contribution < 1.29 is 18.3 Å². The van der Waals surface area contributed by atoms with E-state index in [4.69, 9.17) is 9.15 Å². The number of halogens is 1. The number of hydrogen-bond acceptors (Lipinski definition) is 5. The summed E-state index contributed by atoms with van der Waals surface area (Å²) in [5.41, 5.74) is 0.431. The Morgan fingerprint density at radius 3 is 3.10 bits per heavy atom. The van der Waals surface area contributed by atoms with E-state index in [1.807, 2.05) is 0 Å². The van der Waals surface area contributed by atoms with E-state index in [1.165, 1.54) is 18.2 Å². The molecule has 1 aromatic heterocycles. The molecule has 2 aromatic rings. The summed E-state index contributed by atoms with van der Waals surface area (Å²) in [7, 11) is 0. The highest BCUT2D eigenvalue weighted by molar-refractivity contribution is 5.89. The predicted octanol–water partition coefficient (Wildman–Crippen LogP) is 1.78. The van der Waals surface area contributed by atoms with Crippen LogP contribution in [0.1, 0.15) is 23.5 Å². The van der Waals surface area contributed by atoms with Gasteiger partial charge in [0.15, 0.2) is 0 Å². The summed E-state index contributed by atoms with van der Waals surface area (Å²) in [6.45, 7) is 1.14. The van der Waals surface area contributed by atoms with Gasteiger partial charge < -0.3 is 14.5 Å². The normalized spacial score (nSPS) is 17.9. The second kappa shape index (κ2) is 6.01. The standard InChI is InChI=1S/C14H14FN3O3/c15-10-4-1-3-9(7-10)13-17-18-14(21-13)12(19)16-8-11-5-2-6-20-11/h1,3-4,7,11H,2,5-6,8H2,(H,16,19). The second-order valence-electron chi connectivity index (χ2n) is 4.77. The Kier molecular flexibility index (Phi) is 3.92. The van der Waals surface area contributed by atoms with Gasteiger partial charge in [-0.05, 0) is 31.0 Å². The molecule has 0 bridgehead atoms. The summed E-state index contributed by atoms with van der Waals surface area (Å²) in [6.07, 6.45) is 1.98. The van der Waals surface area contributed by atoms with Gasteiger partial charge in [-0.25, -0.2) is 4.39 Å². The highest BCUT2D eigenvalue weighted by Crippen LogP contribution is 2.18. The number of ether oxygens (including phenoxy) is 1. The average Bonchev–Trinajstić information content (AvgIpc) is 3.16. The molecule has 1 atom stereocenters. The van der Waals surface area contributed by atoms with Crippen molar-refractivity contribution >= 4 is 5.91 Å². The number of hydrogen-bond donors (Lipinski definition) is 1. The zero-order valence-corrected chi connectivity index (χ0v) is 11.2. The van der Waals surface area contributed by atoms with Gasteiger partial charge in [0.2, 0.25) is 5.89 Å². The van der Waals surface area contributed by atoms with E-state index < -0.39 is 11.7 Å². The number of aromatic nitrogens is 2. The van der Waals surface area contributed by atoms with Crippen LogP contribution in [0.25, 0.3) is 11.5 Å². The van der Waals surface area contributed by atoms with Crippen LogP contribution in [0.5, 0.6) is 0 Å². The topological polar surface area (TPSA) is 77.2 Å². The van der Waals surface area contributed by atoms with Crippen LogP contribution in [0.3, 0.4) is 0 Å². The Hall–Kier alpha value is -2.28. The van der Waals surface area contributed by atoms with Crippen LogP contribution in [0.4, 0.5) is 4.39 Å². The lowest BCUT2D eigenvalue weighted by Crippen LogP contribution is -2.31. The molecule has 7 heteroatoms. The Balaban J connectivity index is 1.65. The molecule has 0 aliphatic carbocycles. The number of nitrogens with zero attached hydrogens (tertiary/aromatic N) is 2. The molecular weight excluding hydrogens is 277 g/mol. The zero-order chi connectivity index (χ0) is 14.7. The number of benzene rings is 1. The van der Waals surface area contributed by atoms with Gasteiger partial charge >= 0.3 is 11.8 Å². The van der Waals surface area contributed by atoms with E-state index in [9.17, 15) is 9.18 Å². The third-order valence-electron chi connectivity index (χ3n) is 3.21. The van der Waals surface area contributed by atoms with E-state index in [1.54, 1.807) is 6.07 Å². The lowest BCUT2D eigenvalue weighted by molar-refractivity contribution is 0.0830. The van der Waals surface area contributed by atoms with Crippen molar-refractivity contribution in [2.24, 2.45) is 0 Å². The molecule has 1 N–H and O–H groups in total. The van der Waals surface area contributed by atoms with Crippen molar-refractivity contribution in [3.8, 4) is 11.5 Å². The lowest BCUT2D eigenvalue weighted by Gasteiger charge is -2.08. The molecule has 2 heterocycles. The largest absolute Gasteiger partial charge is 0.412 e. The maximum absolute atomic E-state index is 13.1. The molecule has 6 nitrogen and oxygen atoms in total. The van der Waals surface area contributed by atoms with Crippen LogP contribution in [0.2, 0.25) is 0 Å². The summed E-state index contributed by atoms with van der Waals surface area (Å²) < 4.78 is 23.8. The van der Waals surface area contributed by atoms with Crippen molar-refractivity contribution in [2.45, 2.75) is 18.9 Å². The van der Waals surface area contributed by atoms with Crippen molar-refractivity contribution in [1.82, 2.24) is 15.5 Å². The number of rotatable bonds is 4. The van der Waals surface area contributed by atoms with Crippen molar-refractivity contribution in [2.75, 3.05) is 13.2 Å². The van der Waals surface area contributed by atoms with Gasteiger partial charge in [-0.2, -0.15) is 0 Å². The predicted molar refractivity (Wildman–Crippen MR) is 71.0 cm³/mol. The summed E-state index contributed by atoms with van der Waals surface area (Å²) in [5, 5.41) is 10.1. The van der Waals surface area contributed by atoms with Crippen LogP contribution in [-0.2, 0) is 4.74 Å². The molecule has 1 aromatic carbocycles. The Bertz CT molecular complexity index is 638. The van der Waals surface area contributed by atoms with Crippen LogP contribution < -0.4 is 5.32 Å². The number of nitrogens with one attached hydrogen (secondary N) is 1. The molecule has 0 spiro atoms. The monoisotopic (exact) mass is 291 g/mol. The van der Waals surface area contributed by atoms with Crippen molar-refractivity contribution in [3.63, 3.8) is 0 Å². The molecule has 1 amide bonds. The average molecular weight is 291 g/mol. The van der Waals surface area contributed by atoms with Gasteiger partial charge in [0.05, 0.1) is 6.10 Å². The van der Waals surface area contributed by atoms with Crippen LogP contribution in [0, 0.1) is 5.82 Å². The van der Waals surface area contributed by atoms with Crippen LogP contribution in [0.15, 0.2) is 28.7 Å². The third-order valence-corrected chi connectivity index (χ3v) is 3.21. The minimum Gasteiger partial charge on any atom is -0.412 e. The number of amides is 1. The molecule has 1 aliphatic rings. The van der Waals surface area contributed by atoms with Crippen molar-refractivity contribution in [3.05, 3.63) is 36.0 Å². The number of carbonyl (C=O) groups excluding carboxylic acids is 1. The third kappa shape index (κ3) is 3.25. The van der Waals surface area contributed by atoms with Gasteiger partial charge in [-0.1, -0.05) is 6.07 Å². The first-order valence-corrected chi connectivity index (χ1v) is 6.71. The molecule has 110 valence electrons. The first-order chi connectivity index (χ1) is 10.2. The minimum absolute atomic E-state index is 0.0413. The van der Waals surface area contributed by atoms with Gasteiger partial charge in [-0.3, -0.25) is 4.79 Å². The summed E-state index contributed by atoms with van der Waals surface area (Å²) >= 11 is 0. The molecular formula is C14H14FN3O3. The Morgan fingerprint density at radius 1 is 1.43 bits per heavy atom. The van der Waals surface area contributed by atoms with E-state index in [2.05, 4.69) is 15.5 Å². The molecule has 0 saturated carbocycles. The molecule has 1 fully saturated rings. The van der Waals surface area contributed by atoms with Gasteiger partial charge in [0.1, 0.15) is 5.82 Å². The maximum Gasteiger partial charge on any atom is 0.308 e. The fraction of sp³-hybridized carbons (Fsp3) is 0.357. The molecule has 3 rings (SSSR count). The van der Waals surface area contributed by atoms with E-state index in [0.717, 1.165) is 19.4 Å². The van der Waals surface area contributed by atoms with Crippen molar-refractivity contribution in [1.29, 1.82) is 0 Å².